The summed E-state index contributed by atoms with van der Waals surface area (Å²) in [7, 11) is 0. The minimum absolute atomic E-state index is 0.123. The number of carbonyl (C=O) groups excluding carboxylic acids is 1. The van der Waals surface area contributed by atoms with E-state index in [9.17, 15) is 9.59 Å². The largest absolute Gasteiger partial charge is 0.339 e. The second kappa shape index (κ2) is 9.72. The molecule has 186 valence electrons. The van der Waals surface area contributed by atoms with Gasteiger partial charge in [0, 0.05) is 25.8 Å². The van der Waals surface area contributed by atoms with Crippen molar-refractivity contribution in [2.75, 3.05) is 13.1 Å². The van der Waals surface area contributed by atoms with Crippen LogP contribution in [-0.4, -0.2) is 37.8 Å². The van der Waals surface area contributed by atoms with Crippen molar-refractivity contribution in [1.29, 1.82) is 5.41 Å². The third-order valence-corrected chi connectivity index (χ3v) is 7.18. The van der Waals surface area contributed by atoms with Gasteiger partial charge in [0.1, 0.15) is 16.8 Å². The molecule has 1 aliphatic heterocycles. The summed E-state index contributed by atoms with van der Waals surface area (Å²) in [6.07, 6.45) is 4.59. The third kappa shape index (κ3) is 4.45. The highest BCUT2D eigenvalue weighted by atomic mass is 16.2. The number of piperidine rings is 1. The van der Waals surface area contributed by atoms with Gasteiger partial charge in [-0.15, -0.1) is 0 Å². The molecular formula is C29H33N5O2. The zero-order valence-electron chi connectivity index (χ0n) is 21.2. The average molecular weight is 484 g/mol. The molecular weight excluding hydrogens is 450 g/mol. The molecule has 0 radical (unpaired) electrons. The molecule has 1 fully saturated rings. The first-order valence-corrected chi connectivity index (χ1v) is 12.8. The Balaban J connectivity index is 1.51. The molecule has 1 saturated heterocycles. The van der Waals surface area contributed by atoms with E-state index in [2.05, 4.69) is 38.1 Å². The molecule has 0 aliphatic carbocycles. The van der Waals surface area contributed by atoms with Crippen molar-refractivity contribution in [2.24, 2.45) is 11.8 Å². The van der Waals surface area contributed by atoms with Gasteiger partial charge in [-0.05, 0) is 61.3 Å². The number of hydrogen-bond donors (Lipinski definition) is 1. The van der Waals surface area contributed by atoms with Crippen molar-refractivity contribution in [3.8, 4) is 0 Å². The topological polar surface area (TPSA) is 83.5 Å². The molecule has 0 saturated carbocycles. The molecule has 0 bridgehead atoms. The lowest BCUT2D eigenvalue weighted by Gasteiger charge is -2.32. The van der Waals surface area contributed by atoms with Crippen LogP contribution in [0.3, 0.4) is 0 Å². The predicted molar refractivity (Wildman–Crippen MR) is 141 cm³/mol. The van der Waals surface area contributed by atoms with Crippen LogP contribution >= 0.6 is 0 Å². The van der Waals surface area contributed by atoms with E-state index in [1.807, 2.05) is 30.0 Å². The van der Waals surface area contributed by atoms with E-state index in [1.165, 1.54) is 9.96 Å². The monoisotopic (exact) mass is 483 g/mol. The molecule has 36 heavy (non-hydrogen) atoms. The van der Waals surface area contributed by atoms with E-state index in [0.29, 0.717) is 42.2 Å². The summed E-state index contributed by atoms with van der Waals surface area (Å²) in [4.78, 5) is 33.8. The van der Waals surface area contributed by atoms with E-state index >= 15 is 0 Å². The smallest absolute Gasteiger partial charge is 0.267 e. The first kappa shape index (κ1) is 24.0. The summed E-state index contributed by atoms with van der Waals surface area (Å²) >= 11 is 0. The standard InChI is InChI=1S/C29H33N5O2/c1-19(2)18-34-25(30)23(17-24-27(34)31-26-20(3)8-7-13-33(26)29(24)36)28(35)32-14-11-22(12-15-32)16-21-9-5-4-6-10-21/h4-10,13,17,19,22,30H,11-12,14-16,18H2,1-3H3. The molecule has 1 aromatic carbocycles. The minimum atomic E-state index is -0.216. The number of likely N-dealkylation sites (tertiary alicyclic amines) is 1. The highest BCUT2D eigenvalue weighted by Crippen LogP contribution is 2.23. The fourth-order valence-electron chi connectivity index (χ4n) is 5.26. The number of nitrogens with zero attached hydrogens (tertiary/aromatic N) is 4. The molecule has 0 spiro atoms. The summed E-state index contributed by atoms with van der Waals surface area (Å²) < 4.78 is 3.27. The highest BCUT2D eigenvalue weighted by Gasteiger charge is 2.26. The fourth-order valence-corrected chi connectivity index (χ4v) is 5.26. The molecule has 7 nitrogen and oxygen atoms in total. The van der Waals surface area contributed by atoms with E-state index in [-0.39, 0.29) is 28.4 Å². The summed E-state index contributed by atoms with van der Waals surface area (Å²) in [6.45, 7) is 7.86. The number of carbonyl (C=O) groups is 1. The predicted octanol–water partition coefficient (Wildman–Crippen LogP) is 4.19. The van der Waals surface area contributed by atoms with E-state index in [1.54, 1.807) is 16.8 Å². The van der Waals surface area contributed by atoms with E-state index in [4.69, 9.17) is 10.4 Å². The van der Waals surface area contributed by atoms with Gasteiger partial charge < -0.3 is 9.47 Å². The number of fused-ring (bicyclic) bond motifs is 2. The number of aromatic nitrogens is 3. The maximum atomic E-state index is 13.7. The van der Waals surface area contributed by atoms with Crippen LogP contribution in [0.1, 0.15) is 48.2 Å². The normalized spacial score (nSPS) is 14.7. The second-order valence-corrected chi connectivity index (χ2v) is 10.4. The van der Waals surface area contributed by atoms with E-state index < -0.39 is 0 Å². The van der Waals surface area contributed by atoms with Crippen LogP contribution in [0.5, 0.6) is 0 Å². The number of amides is 1. The molecule has 1 amide bonds. The average Bonchev–Trinajstić information content (AvgIpc) is 2.87. The summed E-state index contributed by atoms with van der Waals surface area (Å²) in [5, 5.41) is 9.33. The van der Waals surface area contributed by atoms with Gasteiger partial charge in [0.05, 0.1) is 10.9 Å². The van der Waals surface area contributed by atoms with Gasteiger partial charge in [-0.3, -0.25) is 19.4 Å². The second-order valence-electron chi connectivity index (χ2n) is 10.4. The molecule has 7 heteroatoms. The Morgan fingerprint density at radius 3 is 2.50 bits per heavy atom. The van der Waals surface area contributed by atoms with Crippen LogP contribution in [0.25, 0.3) is 16.7 Å². The number of rotatable bonds is 5. The third-order valence-electron chi connectivity index (χ3n) is 7.18. The van der Waals surface area contributed by atoms with Gasteiger partial charge in [-0.25, -0.2) is 4.98 Å². The van der Waals surface area contributed by atoms with Gasteiger partial charge in [-0.1, -0.05) is 50.2 Å². The number of nitrogens with one attached hydrogen (secondary N) is 1. The number of aryl methyl sites for hydroxylation is 1. The SMILES string of the molecule is Cc1cccn2c(=O)c3cc(C(=O)N4CCC(Cc5ccccc5)CC4)c(=N)n(CC(C)C)c3nc12. The molecule has 5 rings (SSSR count). The molecule has 4 aromatic rings. The van der Waals surface area contributed by atoms with Crippen LogP contribution in [0, 0.1) is 24.2 Å². The van der Waals surface area contributed by atoms with Gasteiger partial charge in [-0.2, -0.15) is 0 Å². The number of pyridine rings is 2. The van der Waals surface area contributed by atoms with Crippen molar-refractivity contribution in [1.82, 2.24) is 18.9 Å². The van der Waals surface area contributed by atoms with Gasteiger partial charge in [0.15, 0.2) is 0 Å². The first-order chi connectivity index (χ1) is 17.3. The molecule has 0 unspecified atom stereocenters. The van der Waals surface area contributed by atoms with Crippen molar-refractivity contribution in [3.05, 3.63) is 87.3 Å². The van der Waals surface area contributed by atoms with Crippen LogP contribution < -0.4 is 11.0 Å². The van der Waals surface area contributed by atoms with Crippen molar-refractivity contribution in [3.63, 3.8) is 0 Å². The molecule has 1 aliphatic rings. The maximum absolute atomic E-state index is 13.7. The van der Waals surface area contributed by atoms with Crippen molar-refractivity contribution in [2.45, 2.75) is 46.6 Å². The van der Waals surface area contributed by atoms with Crippen LogP contribution in [0.15, 0.2) is 59.5 Å². The quantitative estimate of drug-likeness (QED) is 0.432. The van der Waals surface area contributed by atoms with Crippen molar-refractivity contribution >= 4 is 22.6 Å². The summed E-state index contributed by atoms with van der Waals surface area (Å²) in [5.41, 5.74) is 3.44. The molecule has 4 heterocycles. The van der Waals surface area contributed by atoms with Crippen molar-refractivity contribution < 1.29 is 4.79 Å². The molecule has 1 N–H and O–H groups in total. The Morgan fingerprint density at radius 2 is 1.81 bits per heavy atom. The van der Waals surface area contributed by atoms with E-state index in [0.717, 1.165) is 24.8 Å². The van der Waals surface area contributed by atoms with Gasteiger partial charge >= 0.3 is 0 Å². The van der Waals surface area contributed by atoms with Crippen LogP contribution in [0.2, 0.25) is 0 Å². The zero-order valence-corrected chi connectivity index (χ0v) is 21.2. The number of hydrogen-bond acceptors (Lipinski definition) is 4. The van der Waals surface area contributed by atoms with Gasteiger partial charge in [0.2, 0.25) is 0 Å². The zero-order chi connectivity index (χ0) is 25.4. The lowest BCUT2D eigenvalue weighted by molar-refractivity contribution is 0.0687. The Hall–Kier alpha value is -3.74. The first-order valence-electron chi connectivity index (χ1n) is 12.8. The summed E-state index contributed by atoms with van der Waals surface area (Å²) in [5.74, 6) is 0.586. The van der Waals surface area contributed by atoms with Crippen LogP contribution in [-0.2, 0) is 13.0 Å². The molecule has 0 atom stereocenters. The lowest BCUT2D eigenvalue weighted by Crippen LogP contribution is -2.42. The summed E-state index contributed by atoms with van der Waals surface area (Å²) in [6, 6.07) is 15.8. The molecule has 3 aromatic heterocycles. The lowest BCUT2D eigenvalue weighted by atomic mass is 9.90. The Kier molecular flexibility index (Phi) is 6.48. The highest BCUT2D eigenvalue weighted by molar-refractivity contribution is 5.97. The Labute approximate surface area is 210 Å². The van der Waals surface area contributed by atoms with Gasteiger partial charge in [0.25, 0.3) is 11.5 Å². The van der Waals surface area contributed by atoms with Crippen LogP contribution in [0.4, 0.5) is 0 Å². The Bertz CT molecular complexity index is 1540. The Morgan fingerprint density at radius 1 is 1.08 bits per heavy atom. The maximum Gasteiger partial charge on any atom is 0.267 e. The minimum Gasteiger partial charge on any atom is -0.339 e. The number of benzene rings is 1. The fraction of sp³-hybridized carbons (Fsp3) is 0.379.